The number of fused-ring (bicyclic) bond motifs is 1. The molecule has 2 aliphatic rings. The van der Waals surface area contributed by atoms with Crippen LogP contribution in [0.5, 0.6) is 5.75 Å². The molecule has 0 N–H and O–H groups in total. The monoisotopic (exact) mass is 472 g/mol. The quantitative estimate of drug-likeness (QED) is 0.664. The van der Waals surface area contributed by atoms with Crippen molar-refractivity contribution in [2.45, 2.75) is 51.8 Å². The number of ether oxygens (including phenoxy) is 1. The summed E-state index contributed by atoms with van der Waals surface area (Å²) in [4.78, 5) is 17.3. The predicted molar refractivity (Wildman–Crippen MR) is 127 cm³/mol. The SMILES string of the molecule is CC(C)N1CCC(Oc2ccc3c(c2)cc(C(=O)N2CCS(=O)(=O)CC2)n3[C@H](C)C#N)CC1. The van der Waals surface area contributed by atoms with Gasteiger partial charge in [0.25, 0.3) is 5.91 Å². The molecule has 0 unspecified atom stereocenters. The van der Waals surface area contributed by atoms with Gasteiger partial charge in [-0.3, -0.25) is 4.79 Å². The number of carbonyl (C=O) groups is 1. The van der Waals surface area contributed by atoms with Gasteiger partial charge in [-0.25, -0.2) is 8.42 Å². The fourth-order valence-electron chi connectivity index (χ4n) is 4.71. The molecule has 9 heteroatoms. The molecule has 1 aromatic carbocycles. The van der Waals surface area contributed by atoms with Gasteiger partial charge in [0.05, 0.1) is 23.1 Å². The van der Waals surface area contributed by atoms with Crippen LogP contribution in [0.3, 0.4) is 0 Å². The van der Waals surface area contributed by atoms with Gasteiger partial charge in [0, 0.05) is 37.6 Å². The first-order valence-corrected chi connectivity index (χ1v) is 13.5. The lowest BCUT2D eigenvalue weighted by Gasteiger charge is -2.34. The summed E-state index contributed by atoms with van der Waals surface area (Å²) in [6.07, 6.45) is 2.11. The van der Waals surface area contributed by atoms with Crippen molar-refractivity contribution in [2.24, 2.45) is 0 Å². The first-order valence-electron chi connectivity index (χ1n) is 11.6. The van der Waals surface area contributed by atoms with Gasteiger partial charge in [-0.05, 0) is 57.9 Å². The number of carbonyl (C=O) groups excluding carboxylic acids is 1. The van der Waals surface area contributed by atoms with E-state index in [2.05, 4.69) is 24.8 Å². The number of hydrogen-bond donors (Lipinski definition) is 0. The maximum absolute atomic E-state index is 13.3. The maximum Gasteiger partial charge on any atom is 0.270 e. The normalized spacial score (nSPS) is 20.6. The van der Waals surface area contributed by atoms with Crippen molar-refractivity contribution in [2.75, 3.05) is 37.7 Å². The van der Waals surface area contributed by atoms with Gasteiger partial charge < -0.3 is 19.1 Å². The van der Waals surface area contributed by atoms with Crippen molar-refractivity contribution in [3.8, 4) is 11.8 Å². The molecule has 2 fully saturated rings. The van der Waals surface area contributed by atoms with Crippen molar-refractivity contribution >= 4 is 26.6 Å². The Labute approximate surface area is 195 Å². The van der Waals surface area contributed by atoms with Crippen molar-refractivity contribution in [3.05, 3.63) is 30.0 Å². The van der Waals surface area contributed by atoms with Crippen LogP contribution >= 0.6 is 0 Å². The van der Waals surface area contributed by atoms with Gasteiger partial charge in [0.1, 0.15) is 23.6 Å². The van der Waals surface area contributed by atoms with E-state index in [0.717, 1.165) is 42.6 Å². The van der Waals surface area contributed by atoms with E-state index in [1.165, 1.54) is 0 Å². The molecule has 1 atom stereocenters. The molecule has 1 aromatic heterocycles. The van der Waals surface area contributed by atoms with Crippen molar-refractivity contribution < 1.29 is 17.9 Å². The molecule has 3 heterocycles. The number of likely N-dealkylation sites (tertiary alicyclic amines) is 1. The third kappa shape index (κ3) is 5.02. The molecule has 0 spiro atoms. The minimum absolute atomic E-state index is 0.0274. The number of sulfone groups is 1. The fraction of sp³-hybridized carbons (Fsp3) is 0.583. The minimum Gasteiger partial charge on any atom is -0.490 e. The molecule has 4 rings (SSSR count). The Morgan fingerprint density at radius 1 is 1.09 bits per heavy atom. The van der Waals surface area contributed by atoms with Crippen LogP contribution in [0.2, 0.25) is 0 Å². The summed E-state index contributed by atoms with van der Waals surface area (Å²) in [5.74, 6) is 0.461. The van der Waals surface area contributed by atoms with Gasteiger partial charge in [0.2, 0.25) is 0 Å². The van der Waals surface area contributed by atoms with Gasteiger partial charge in [0.15, 0.2) is 9.84 Å². The number of nitriles is 1. The molecule has 8 nitrogen and oxygen atoms in total. The first-order chi connectivity index (χ1) is 15.7. The van der Waals surface area contributed by atoms with Crippen LogP contribution in [0, 0.1) is 11.3 Å². The zero-order valence-electron chi connectivity index (χ0n) is 19.5. The van der Waals surface area contributed by atoms with Crippen LogP contribution in [0.25, 0.3) is 10.9 Å². The summed E-state index contributed by atoms with van der Waals surface area (Å²) in [7, 11) is -3.09. The van der Waals surface area contributed by atoms with E-state index in [1.54, 1.807) is 22.5 Å². The molecule has 178 valence electrons. The first kappa shape index (κ1) is 23.6. The molecule has 2 aliphatic heterocycles. The molecule has 2 aromatic rings. The average molecular weight is 473 g/mol. The molecule has 2 saturated heterocycles. The summed E-state index contributed by atoms with van der Waals surface area (Å²) in [5.41, 5.74) is 1.19. The Kier molecular flexibility index (Phi) is 6.68. The number of aromatic nitrogens is 1. The van der Waals surface area contributed by atoms with E-state index in [-0.39, 0.29) is 36.6 Å². The minimum atomic E-state index is -3.09. The van der Waals surface area contributed by atoms with Gasteiger partial charge in [-0.15, -0.1) is 0 Å². The molecule has 33 heavy (non-hydrogen) atoms. The number of nitrogens with zero attached hydrogens (tertiary/aromatic N) is 4. The Balaban J connectivity index is 1.58. The van der Waals surface area contributed by atoms with Crippen LogP contribution in [-0.4, -0.2) is 78.5 Å². The van der Waals surface area contributed by atoms with Crippen LogP contribution < -0.4 is 4.74 Å². The van der Waals surface area contributed by atoms with E-state index in [1.807, 2.05) is 18.2 Å². The summed E-state index contributed by atoms with van der Waals surface area (Å²) in [6.45, 7) is 8.56. The largest absolute Gasteiger partial charge is 0.490 e. The maximum atomic E-state index is 13.3. The number of hydrogen-bond acceptors (Lipinski definition) is 6. The Morgan fingerprint density at radius 2 is 1.76 bits per heavy atom. The summed E-state index contributed by atoms with van der Waals surface area (Å²) < 4.78 is 31.5. The summed E-state index contributed by atoms with van der Waals surface area (Å²) in [6, 6.07) is 9.76. The predicted octanol–water partition coefficient (Wildman–Crippen LogP) is 2.85. The van der Waals surface area contributed by atoms with Crippen LogP contribution in [0.1, 0.15) is 50.1 Å². The molecule has 0 aliphatic carbocycles. The van der Waals surface area contributed by atoms with Crippen molar-refractivity contribution in [1.29, 1.82) is 5.26 Å². The van der Waals surface area contributed by atoms with E-state index >= 15 is 0 Å². The smallest absolute Gasteiger partial charge is 0.270 e. The number of benzene rings is 1. The zero-order chi connectivity index (χ0) is 23.8. The van der Waals surface area contributed by atoms with Gasteiger partial charge >= 0.3 is 0 Å². The second kappa shape index (κ2) is 9.35. The highest BCUT2D eigenvalue weighted by Crippen LogP contribution is 2.30. The second-order valence-electron chi connectivity index (χ2n) is 9.32. The average Bonchev–Trinajstić information content (AvgIpc) is 3.17. The Hall–Kier alpha value is -2.57. The molecular weight excluding hydrogens is 440 g/mol. The highest BCUT2D eigenvalue weighted by atomic mass is 32.2. The number of piperidine rings is 1. The van der Waals surface area contributed by atoms with E-state index in [9.17, 15) is 18.5 Å². The highest BCUT2D eigenvalue weighted by molar-refractivity contribution is 7.91. The Morgan fingerprint density at radius 3 is 2.36 bits per heavy atom. The third-order valence-corrected chi connectivity index (χ3v) is 8.35. The fourth-order valence-corrected chi connectivity index (χ4v) is 5.91. The molecule has 0 bridgehead atoms. The molecular formula is C24H32N4O4S. The van der Waals surface area contributed by atoms with Gasteiger partial charge in [-0.1, -0.05) is 0 Å². The van der Waals surface area contributed by atoms with Crippen LogP contribution in [0.4, 0.5) is 0 Å². The lowest BCUT2D eigenvalue weighted by atomic mass is 10.1. The number of rotatable bonds is 5. The summed E-state index contributed by atoms with van der Waals surface area (Å²) in [5, 5.41) is 10.4. The van der Waals surface area contributed by atoms with E-state index in [4.69, 9.17) is 4.74 Å². The van der Waals surface area contributed by atoms with E-state index < -0.39 is 15.9 Å². The zero-order valence-corrected chi connectivity index (χ0v) is 20.3. The number of amides is 1. The summed E-state index contributed by atoms with van der Waals surface area (Å²) >= 11 is 0. The lowest BCUT2D eigenvalue weighted by molar-refractivity contribution is 0.0759. The van der Waals surface area contributed by atoms with Crippen molar-refractivity contribution in [3.63, 3.8) is 0 Å². The third-order valence-electron chi connectivity index (χ3n) is 6.74. The van der Waals surface area contributed by atoms with Gasteiger partial charge in [-0.2, -0.15) is 5.26 Å². The molecule has 0 saturated carbocycles. The topological polar surface area (TPSA) is 95.6 Å². The van der Waals surface area contributed by atoms with Crippen LogP contribution in [-0.2, 0) is 9.84 Å². The standard InChI is InChI=1S/C24H32N4O4S/c1-17(2)26-8-6-20(7-9-26)32-21-4-5-22-19(14-21)15-23(28(22)18(3)16-25)24(29)27-10-12-33(30,31)13-11-27/h4-5,14-15,17-18,20H,6-13H2,1-3H3/t18-/m1/s1. The van der Waals surface area contributed by atoms with Crippen molar-refractivity contribution in [1.82, 2.24) is 14.4 Å². The van der Waals surface area contributed by atoms with Crippen LogP contribution in [0.15, 0.2) is 24.3 Å². The lowest BCUT2D eigenvalue weighted by Crippen LogP contribution is -2.44. The van der Waals surface area contributed by atoms with E-state index in [0.29, 0.717) is 11.7 Å². The molecule has 1 amide bonds. The second-order valence-corrected chi connectivity index (χ2v) is 11.6. The molecule has 0 radical (unpaired) electrons. The Bertz CT molecular complexity index is 1160. The highest BCUT2D eigenvalue weighted by Gasteiger charge is 2.29.